The van der Waals surface area contributed by atoms with E-state index in [9.17, 15) is 9.50 Å². The monoisotopic (exact) mass is 437 g/mol. The van der Waals surface area contributed by atoms with E-state index >= 15 is 8.78 Å². The van der Waals surface area contributed by atoms with Crippen molar-refractivity contribution in [2.24, 2.45) is 0 Å². The van der Waals surface area contributed by atoms with Crippen molar-refractivity contribution in [3.05, 3.63) is 46.4 Å². The maximum Gasteiger partial charge on any atom is 0.174 e. The van der Waals surface area contributed by atoms with Crippen LogP contribution in [0.1, 0.15) is 5.56 Å². The summed E-state index contributed by atoms with van der Waals surface area (Å²) in [5, 5.41) is 15.7. The molecule has 0 saturated carbocycles. The number of rotatable bonds is 5. The molecule has 10 heteroatoms. The summed E-state index contributed by atoms with van der Waals surface area (Å²) in [5.41, 5.74) is -0.382. The van der Waals surface area contributed by atoms with Gasteiger partial charge in [-0.05, 0) is 13.0 Å². The molecule has 0 bridgehead atoms. The van der Waals surface area contributed by atoms with Crippen LogP contribution in [0.3, 0.4) is 0 Å². The van der Waals surface area contributed by atoms with E-state index in [2.05, 4.69) is 15.2 Å². The van der Waals surface area contributed by atoms with E-state index in [1.807, 2.05) is 0 Å². The van der Waals surface area contributed by atoms with Gasteiger partial charge in [0.1, 0.15) is 24.0 Å². The Balaban J connectivity index is 2.11. The molecule has 156 valence electrons. The molecule has 0 radical (unpaired) electrons. The maximum absolute atomic E-state index is 15.5. The van der Waals surface area contributed by atoms with Crippen molar-refractivity contribution in [3.8, 4) is 22.8 Å². The molecule has 0 saturated heterocycles. The quantitative estimate of drug-likeness (QED) is 0.435. The third-order valence-corrected chi connectivity index (χ3v) is 5.04. The lowest BCUT2D eigenvalue weighted by molar-refractivity contribution is 0.143. The van der Waals surface area contributed by atoms with Gasteiger partial charge in [0.05, 0.1) is 23.5 Å². The number of benzene rings is 2. The van der Waals surface area contributed by atoms with Crippen molar-refractivity contribution in [2.45, 2.75) is 6.92 Å². The molecule has 0 aliphatic carbocycles. The van der Waals surface area contributed by atoms with Gasteiger partial charge in [-0.2, -0.15) is 5.10 Å². The standard InChI is InChI=1S/C20H15ClF3N3O3/c1-8-16(23)15-14(17(24)19(8)30-4-3-29-2)10-7-25-27-20(10)26-18(15)9-5-11(21)13(28)6-12(9)22/h5-7,28H,3-4H2,1-2H3,(H,25,26,27). The highest BCUT2D eigenvalue weighted by Crippen LogP contribution is 2.42. The summed E-state index contributed by atoms with van der Waals surface area (Å²) in [6.07, 6.45) is 1.30. The Bertz CT molecular complexity index is 1290. The maximum atomic E-state index is 15.5. The Morgan fingerprint density at radius 3 is 2.63 bits per heavy atom. The number of halogens is 4. The molecule has 2 N–H and O–H groups in total. The van der Waals surface area contributed by atoms with Crippen molar-refractivity contribution >= 4 is 33.4 Å². The average Bonchev–Trinajstić information content (AvgIpc) is 3.18. The van der Waals surface area contributed by atoms with Crippen molar-refractivity contribution in [1.29, 1.82) is 0 Å². The molecule has 4 aromatic rings. The zero-order valence-electron chi connectivity index (χ0n) is 15.8. The summed E-state index contributed by atoms with van der Waals surface area (Å²) in [6.45, 7) is 1.54. The van der Waals surface area contributed by atoms with E-state index < -0.39 is 23.2 Å². The van der Waals surface area contributed by atoms with Crippen LogP contribution in [0.15, 0.2) is 18.3 Å². The van der Waals surface area contributed by atoms with Crippen molar-refractivity contribution in [2.75, 3.05) is 20.3 Å². The number of hydrogen-bond donors (Lipinski definition) is 2. The number of ether oxygens (including phenoxy) is 2. The molecule has 2 aromatic carbocycles. The van der Waals surface area contributed by atoms with Gasteiger partial charge in [0.15, 0.2) is 17.2 Å². The third-order valence-electron chi connectivity index (χ3n) is 4.73. The van der Waals surface area contributed by atoms with Gasteiger partial charge in [-0.1, -0.05) is 11.6 Å². The summed E-state index contributed by atoms with van der Waals surface area (Å²) >= 11 is 5.92. The molecule has 0 aliphatic heterocycles. The zero-order valence-corrected chi connectivity index (χ0v) is 16.6. The summed E-state index contributed by atoms with van der Waals surface area (Å²) in [7, 11) is 1.46. The van der Waals surface area contributed by atoms with Crippen LogP contribution in [-0.4, -0.2) is 40.6 Å². The third kappa shape index (κ3) is 3.10. The van der Waals surface area contributed by atoms with Crippen LogP contribution < -0.4 is 4.74 Å². The molecular weight excluding hydrogens is 423 g/mol. The van der Waals surface area contributed by atoms with Crippen molar-refractivity contribution in [3.63, 3.8) is 0 Å². The lowest BCUT2D eigenvalue weighted by Crippen LogP contribution is -2.08. The number of aromatic nitrogens is 3. The minimum absolute atomic E-state index is 0.00781. The Kier molecular flexibility index (Phi) is 5.17. The first-order valence-corrected chi connectivity index (χ1v) is 9.17. The lowest BCUT2D eigenvalue weighted by Gasteiger charge is -2.16. The van der Waals surface area contributed by atoms with Crippen LogP contribution in [0.5, 0.6) is 11.5 Å². The minimum atomic E-state index is -0.901. The molecule has 2 aromatic heterocycles. The molecule has 0 unspecified atom stereocenters. The molecule has 0 aliphatic rings. The highest BCUT2D eigenvalue weighted by molar-refractivity contribution is 6.32. The van der Waals surface area contributed by atoms with Gasteiger partial charge in [0, 0.05) is 40.5 Å². The number of hydrogen-bond acceptors (Lipinski definition) is 5. The van der Waals surface area contributed by atoms with Gasteiger partial charge in [-0.25, -0.2) is 18.2 Å². The number of fused-ring (bicyclic) bond motifs is 3. The number of methoxy groups -OCH3 is 1. The fourth-order valence-corrected chi connectivity index (χ4v) is 3.45. The largest absolute Gasteiger partial charge is 0.506 e. The highest BCUT2D eigenvalue weighted by atomic mass is 35.5. The fourth-order valence-electron chi connectivity index (χ4n) is 3.29. The van der Waals surface area contributed by atoms with E-state index in [-0.39, 0.29) is 62.6 Å². The second-order valence-corrected chi connectivity index (χ2v) is 6.96. The van der Waals surface area contributed by atoms with Crippen molar-refractivity contribution in [1.82, 2.24) is 15.2 Å². The van der Waals surface area contributed by atoms with Crippen LogP contribution in [0.4, 0.5) is 13.2 Å². The fraction of sp³-hybridized carbons (Fsp3) is 0.200. The predicted molar refractivity (Wildman–Crippen MR) is 105 cm³/mol. The van der Waals surface area contributed by atoms with E-state index in [1.165, 1.54) is 20.2 Å². The molecule has 0 spiro atoms. The van der Waals surface area contributed by atoms with Gasteiger partial charge in [0.2, 0.25) is 0 Å². The van der Waals surface area contributed by atoms with E-state index in [0.717, 1.165) is 12.1 Å². The lowest BCUT2D eigenvalue weighted by atomic mass is 9.97. The molecular formula is C20H15ClF3N3O3. The number of aromatic hydroxyl groups is 1. The van der Waals surface area contributed by atoms with Gasteiger partial charge in [0.25, 0.3) is 0 Å². The summed E-state index contributed by atoms with van der Waals surface area (Å²) in [4.78, 5) is 4.25. The van der Waals surface area contributed by atoms with Gasteiger partial charge in [-0.15, -0.1) is 0 Å². The Hall–Kier alpha value is -3.04. The van der Waals surface area contributed by atoms with E-state index in [1.54, 1.807) is 0 Å². The second-order valence-electron chi connectivity index (χ2n) is 6.55. The normalized spacial score (nSPS) is 11.5. The zero-order chi connectivity index (χ0) is 21.6. The molecule has 0 fully saturated rings. The van der Waals surface area contributed by atoms with E-state index in [0.29, 0.717) is 0 Å². The number of phenolic OH excluding ortho intramolecular Hbond substituents is 1. The highest BCUT2D eigenvalue weighted by Gasteiger charge is 2.26. The minimum Gasteiger partial charge on any atom is -0.506 e. The topological polar surface area (TPSA) is 80.3 Å². The smallest absolute Gasteiger partial charge is 0.174 e. The molecule has 4 rings (SSSR count). The Morgan fingerprint density at radius 2 is 1.90 bits per heavy atom. The van der Waals surface area contributed by atoms with Crippen molar-refractivity contribution < 1.29 is 27.8 Å². The first-order chi connectivity index (χ1) is 14.3. The second kappa shape index (κ2) is 7.66. The van der Waals surface area contributed by atoms with Gasteiger partial charge >= 0.3 is 0 Å². The average molecular weight is 438 g/mol. The Morgan fingerprint density at radius 1 is 1.13 bits per heavy atom. The van der Waals surface area contributed by atoms with Gasteiger partial charge < -0.3 is 14.6 Å². The number of pyridine rings is 1. The summed E-state index contributed by atoms with van der Waals surface area (Å²) in [5.74, 6) is -3.32. The molecule has 2 heterocycles. The van der Waals surface area contributed by atoms with E-state index in [4.69, 9.17) is 21.1 Å². The number of nitrogens with zero attached hydrogens (tertiary/aromatic N) is 2. The molecule has 0 atom stereocenters. The Labute approximate surface area is 173 Å². The van der Waals surface area contributed by atoms with Gasteiger partial charge in [-0.3, -0.25) is 5.10 Å². The van der Waals surface area contributed by atoms with Crippen LogP contribution in [-0.2, 0) is 4.74 Å². The number of nitrogens with one attached hydrogen (secondary N) is 1. The first-order valence-electron chi connectivity index (χ1n) is 8.79. The van der Waals surface area contributed by atoms with Crippen LogP contribution in [0.2, 0.25) is 5.02 Å². The SMILES string of the molecule is COCCOc1c(C)c(F)c2c(-c3cc(Cl)c(O)cc3F)nc3[nH]ncc3c2c1F. The van der Waals surface area contributed by atoms with Crippen LogP contribution in [0.25, 0.3) is 33.1 Å². The van der Waals surface area contributed by atoms with Crippen LogP contribution >= 0.6 is 11.6 Å². The number of phenols is 1. The number of aromatic amines is 1. The first kappa shape index (κ1) is 20.2. The summed E-state index contributed by atoms with van der Waals surface area (Å²) < 4.78 is 56.0. The number of H-pyrrole nitrogens is 1. The molecule has 30 heavy (non-hydrogen) atoms. The molecule has 6 nitrogen and oxygen atoms in total. The predicted octanol–water partition coefficient (Wildman–Crippen LogP) is 4.89. The summed E-state index contributed by atoms with van der Waals surface area (Å²) in [6, 6.07) is 1.89. The molecule has 0 amide bonds. The van der Waals surface area contributed by atoms with Crippen LogP contribution in [0, 0.1) is 24.4 Å².